The predicted molar refractivity (Wildman–Crippen MR) is 62.9 cm³/mol. The monoisotopic (exact) mass is 235 g/mol. The van der Waals surface area contributed by atoms with Crippen LogP contribution in [0.4, 0.5) is 0 Å². The van der Waals surface area contributed by atoms with Crippen molar-refractivity contribution in [2.45, 2.75) is 33.1 Å². The third kappa shape index (κ3) is 4.68. The Labute approximate surface area is 101 Å². The molecule has 0 saturated carbocycles. The van der Waals surface area contributed by atoms with E-state index in [-0.39, 0.29) is 6.42 Å². The van der Waals surface area contributed by atoms with Crippen molar-refractivity contribution < 1.29 is 9.47 Å². The van der Waals surface area contributed by atoms with E-state index in [1.807, 2.05) is 19.9 Å². The van der Waals surface area contributed by atoms with Gasteiger partial charge in [0.05, 0.1) is 31.8 Å². The highest BCUT2D eigenvalue weighted by atomic mass is 16.5. The van der Waals surface area contributed by atoms with Crippen LogP contribution in [0.1, 0.15) is 32.5 Å². The quantitative estimate of drug-likeness (QED) is 0.724. The van der Waals surface area contributed by atoms with Crippen LogP contribution < -0.4 is 9.47 Å². The van der Waals surface area contributed by atoms with Crippen molar-refractivity contribution in [1.82, 2.24) is 9.97 Å². The first-order valence-electron chi connectivity index (χ1n) is 5.80. The molecular weight excluding hydrogens is 218 g/mol. The fourth-order valence-corrected chi connectivity index (χ4v) is 1.16. The Bertz CT molecular complexity index is 362. The molecule has 17 heavy (non-hydrogen) atoms. The van der Waals surface area contributed by atoms with Gasteiger partial charge in [0.25, 0.3) is 0 Å². The van der Waals surface area contributed by atoms with Crippen molar-refractivity contribution >= 4 is 0 Å². The van der Waals surface area contributed by atoms with Gasteiger partial charge in [-0.3, -0.25) is 0 Å². The summed E-state index contributed by atoms with van der Waals surface area (Å²) >= 11 is 0. The molecule has 0 unspecified atom stereocenters. The largest absolute Gasteiger partial charge is 0.477 e. The first-order valence-corrected chi connectivity index (χ1v) is 5.80. The Balaban J connectivity index is 2.81. The van der Waals surface area contributed by atoms with Gasteiger partial charge >= 0.3 is 0 Å². The second-order valence-corrected chi connectivity index (χ2v) is 3.49. The lowest BCUT2D eigenvalue weighted by Gasteiger charge is -2.08. The Hall–Kier alpha value is -1.83. The molecule has 0 saturated heterocycles. The Morgan fingerprint density at radius 2 is 1.65 bits per heavy atom. The number of aromatic nitrogens is 2. The highest BCUT2D eigenvalue weighted by molar-refractivity contribution is 5.22. The second kappa shape index (κ2) is 7.44. The maximum Gasteiger partial charge on any atom is 0.220 e. The van der Waals surface area contributed by atoms with Gasteiger partial charge in [0.15, 0.2) is 0 Å². The van der Waals surface area contributed by atoms with Crippen molar-refractivity contribution in [1.29, 1.82) is 5.26 Å². The minimum atomic E-state index is 0.159. The standard InChI is InChI=1S/C12H17N3O2/c1-3-7-16-11-9-12(17-8-4-2)15-10(14-11)5-6-13/h9H,3-5,7-8H2,1-2H3. The summed E-state index contributed by atoms with van der Waals surface area (Å²) in [6.45, 7) is 5.23. The summed E-state index contributed by atoms with van der Waals surface area (Å²) in [5, 5.41) is 8.64. The van der Waals surface area contributed by atoms with Crippen LogP contribution in [0.2, 0.25) is 0 Å². The van der Waals surface area contributed by atoms with E-state index in [1.54, 1.807) is 6.07 Å². The van der Waals surface area contributed by atoms with Gasteiger partial charge in [0.2, 0.25) is 11.8 Å². The number of rotatable bonds is 7. The van der Waals surface area contributed by atoms with Crippen molar-refractivity contribution in [3.8, 4) is 17.8 Å². The average molecular weight is 235 g/mol. The SMILES string of the molecule is CCCOc1cc(OCCC)nc(CC#N)n1. The van der Waals surface area contributed by atoms with Gasteiger partial charge in [-0.2, -0.15) is 15.2 Å². The van der Waals surface area contributed by atoms with E-state index >= 15 is 0 Å². The van der Waals surface area contributed by atoms with Gasteiger partial charge in [-0.15, -0.1) is 0 Å². The van der Waals surface area contributed by atoms with E-state index in [9.17, 15) is 0 Å². The summed E-state index contributed by atoms with van der Waals surface area (Å²) in [6, 6.07) is 3.67. The molecule has 0 aliphatic carbocycles. The van der Waals surface area contributed by atoms with E-state index < -0.39 is 0 Å². The summed E-state index contributed by atoms with van der Waals surface area (Å²) in [6.07, 6.45) is 1.97. The van der Waals surface area contributed by atoms with Crippen LogP contribution in [0.3, 0.4) is 0 Å². The number of nitrogens with zero attached hydrogens (tertiary/aromatic N) is 3. The molecule has 0 atom stereocenters. The van der Waals surface area contributed by atoms with Crippen molar-refractivity contribution in [3.05, 3.63) is 11.9 Å². The van der Waals surface area contributed by atoms with Gasteiger partial charge in [0.1, 0.15) is 5.82 Å². The van der Waals surface area contributed by atoms with E-state index in [1.165, 1.54) is 0 Å². The molecule has 0 spiro atoms. The van der Waals surface area contributed by atoms with Crippen LogP contribution in [0, 0.1) is 11.3 Å². The molecule has 0 aliphatic rings. The topological polar surface area (TPSA) is 68.0 Å². The summed E-state index contributed by atoms with van der Waals surface area (Å²) in [5.41, 5.74) is 0. The molecule has 0 N–H and O–H groups in total. The molecule has 0 aromatic carbocycles. The summed E-state index contributed by atoms with van der Waals surface area (Å²) in [4.78, 5) is 8.27. The smallest absolute Gasteiger partial charge is 0.220 e. The lowest BCUT2D eigenvalue weighted by molar-refractivity contribution is 0.283. The maximum atomic E-state index is 8.64. The average Bonchev–Trinajstić information content (AvgIpc) is 2.34. The molecule has 1 rings (SSSR count). The number of hydrogen-bond donors (Lipinski definition) is 0. The summed E-state index contributed by atoms with van der Waals surface area (Å²) < 4.78 is 10.8. The zero-order valence-electron chi connectivity index (χ0n) is 10.3. The minimum Gasteiger partial charge on any atom is -0.477 e. The minimum absolute atomic E-state index is 0.159. The lowest BCUT2D eigenvalue weighted by atomic mass is 10.4. The molecular formula is C12H17N3O2. The van der Waals surface area contributed by atoms with Crippen LogP contribution in [0.15, 0.2) is 6.07 Å². The van der Waals surface area contributed by atoms with Crippen LogP contribution in [-0.4, -0.2) is 23.2 Å². The van der Waals surface area contributed by atoms with Crippen LogP contribution in [-0.2, 0) is 6.42 Å². The van der Waals surface area contributed by atoms with E-state index in [4.69, 9.17) is 14.7 Å². The molecule has 5 nitrogen and oxygen atoms in total. The predicted octanol–water partition coefficient (Wildman–Crippen LogP) is 2.12. The third-order valence-electron chi connectivity index (χ3n) is 1.87. The summed E-state index contributed by atoms with van der Waals surface area (Å²) in [5.74, 6) is 1.38. The number of nitriles is 1. The molecule has 0 aliphatic heterocycles. The van der Waals surface area contributed by atoms with Crippen molar-refractivity contribution in [2.24, 2.45) is 0 Å². The molecule has 1 aromatic rings. The molecule has 0 radical (unpaired) electrons. The molecule has 0 fully saturated rings. The van der Waals surface area contributed by atoms with Gasteiger partial charge in [-0.25, -0.2) is 0 Å². The molecule has 1 heterocycles. The fourth-order valence-electron chi connectivity index (χ4n) is 1.16. The van der Waals surface area contributed by atoms with E-state index in [0.717, 1.165) is 12.8 Å². The Morgan fingerprint density at radius 1 is 1.12 bits per heavy atom. The first kappa shape index (κ1) is 13.2. The van der Waals surface area contributed by atoms with Crippen LogP contribution in [0.5, 0.6) is 11.8 Å². The normalized spacial score (nSPS) is 9.71. The fraction of sp³-hybridized carbons (Fsp3) is 0.583. The second-order valence-electron chi connectivity index (χ2n) is 3.49. The van der Waals surface area contributed by atoms with Gasteiger partial charge < -0.3 is 9.47 Å². The molecule has 0 amide bonds. The van der Waals surface area contributed by atoms with E-state index in [2.05, 4.69) is 9.97 Å². The highest BCUT2D eigenvalue weighted by Crippen LogP contribution is 2.16. The number of ether oxygens (including phenoxy) is 2. The van der Waals surface area contributed by atoms with Crippen molar-refractivity contribution in [3.63, 3.8) is 0 Å². The zero-order valence-corrected chi connectivity index (χ0v) is 10.3. The molecule has 5 heteroatoms. The zero-order chi connectivity index (χ0) is 12.5. The molecule has 0 bridgehead atoms. The van der Waals surface area contributed by atoms with Crippen molar-refractivity contribution in [2.75, 3.05) is 13.2 Å². The van der Waals surface area contributed by atoms with Gasteiger partial charge in [-0.05, 0) is 12.8 Å². The van der Waals surface area contributed by atoms with Crippen LogP contribution >= 0.6 is 0 Å². The molecule has 92 valence electrons. The van der Waals surface area contributed by atoms with Gasteiger partial charge in [0, 0.05) is 0 Å². The van der Waals surface area contributed by atoms with Gasteiger partial charge in [-0.1, -0.05) is 13.8 Å². The van der Waals surface area contributed by atoms with E-state index in [0.29, 0.717) is 30.8 Å². The number of hydrogen-bond acceptors (Lipinski definition) is 5. The highest BCUT2D eigenvalue weighted by Gasteiger charge is 2.06. The summed E-state index contributed by atoms with van der Waals surface area (Å²) in [7, 11) is 0. The lowest BCUT2D eigenvalue weighted by Crippen LogP contribution is -2.05. The Kier molecular flexibility index (Phi) is 5.80. The van der Waals surface area contributed by atoms with Crippen LogP contribution in [0.25, 0.3) is 0 Å². The Morgan fingerprint density at radius 3 is 2.06 bits per heavy atom. The maximum absolute atomic E-state index is 8.64. The third-order valence-corrected chi connectivity index (χ3v) is 1.87. The first-order chi connectivity index (χ1) is 8.30. The molecule has 1 aromatic heterocycles.